The third-order valence-electron chi connectivity index (χ3n) is 2.40. The molecule has 0 aliphatic heterocycles. The fraction of sp³-hybridized carbons (Fsp3) is 0.250. The molecular formula is C16H20SZn. The van der Waals surface area contributed by atoms with Crippen LogP contribution in [0.25, 0.3) is 0 Å². The minimum absolute atomic E-state index is 0. The van der Waals surface area contributed by atoms with Crippen LogP contribution in [-0.2, 0) is 24.9 Å². The van der Waals surface area contributed by atoms with Crippen LogP contribution in [0.1, 0.15) is 26.3 Å². The monoisotopic (exact) mass is 308 g/mol. The molecule has 92 valence electrons. The van der Waals surface area contributed by atoms with Crippen molar-refractivity contribution in [3.05, 3.63) is 66.2 Å². The van der Waals surface area contributed by atoms with Gasteiger partial charge in [-0.2, -0.15) is 0 Å². The molecule has 0 heterocycles. The Bertz CT molecular complexity index is 418. The summed E-state index contributed by atoms with van der Waals surface area (Å²) >= 11 is 4.08. The van der Waals surface area contributed by atoms with E-state index in [-0.39, 0.29) is 19.5 Å². The van der Waals surface area contributed by atoms with E-state index in [0.717, 1.165) is 4.90 Å². The van der Waals surface area contributed by atoms with Gasteiger partial charge >= 0.3 is 0 Å². The Kier molecular flexibility index (Phi) is 8.23. The zero-order chi connectivity index (χ0) is 12.7. The third-order valence-corrected chi connectivity index (χ3v) is 2.69. The summed E-state index contributed by atoms with van der Waals surface area (Å²) in [5, 5.41) is 0. The van der Waals surface area contributed by atoms with Crippen LogP contribution in [0.15, 0.2) is 65.6 Å². The quantitative estimate of drug-likeness (QED) is 0.516. The summed E-state index contributed by atoms with van der Waals surface area (Å²) in [7, 11) is 0. The Labute approximate surface area is 129 Å². The summed E-state index contributed by atoms with van der Waals surface area (Å²) in [5.74, 6) is 0. The zero-order valence-corrected chi connectivity index (χ0v) is 15.3. The van der Waals surface area contributed by atoms with Gasteiger partial charge in [0.1, 0.15) is 0 Å². The normalized spacial score (nSPS) is 9.78. The average molecular weight is 310 g/mol. The minimum atomic E-state index is 0. The molecule has 0 N–H and O–H groups in total. The van der Waals surface area contributed by atoms with Crippen molar-refractivity contribution in [2.45, 2.75) is 31.1 Å². The standard InChI is InChI=1S/C10H14.C6H6S.Zn/c1-10(2,3)9-7-5-4-6-8-9;7-6-4-2-1-3-5-6;/h4-8H,1-3H3;1-5,7H;. The minimum Gasteiger partial charge on any atom is -0.143 e. The zero-order valence-electron chi connectivity index (χ0n) is 11.4. The van der Waals surface area contributed by atoms with Crippen LogP contribution in [0.4, 0.5) is 0 Å². The van der Waals surface area contributed by atoms with E-state index in [1.54, 1.807) is 0 Å². The molecule has 0 unspecified atom stereocenters. The van der Waals surface area contributed by atoms with E-state index in [0.29, 0.717) is 5.41 Å². The molecule has 0 aliphatic rings. The number of hydrogen-bond acceptors (Lipinski definition) is 1. The van der Waals surface area contributed by atoms with Crippen molar-refractivity contribution in [1.82, 2.24) is 0 Å². The summed E-state index contributed by atoms with van der Waals surface area (Å²) in [4.78, 5) is 1.02. The van der Waals surface area contributed by atoms with Crippen molar-refractivity contribution < 1.29 is 19.5 Å². The molecule has 0 nitrogen and oxygen atoms in total. The first kappa shape index (κ1) is 17.4. The van der Waals surface area contributed by atoms with Gasteiger partial charge in [0.05, 0.1) is 0 Å². The van der Waals surface area contributed by atoms with Crippen molar-refractivity contribution in [2.75, 3.05) is 0 Å². The van der Waals surface area contributed by atoms with E-state index in [9.17, 15) is 0 Å². The van der Waals surface area contributed by atoms with Crippen LogP contribution in [-0.4, -0.2) is 0 Å². The van der Waals surface area contributed by atoms with Crippen molar-refractivity contribution in [3.63, 3.8) is 0 Å². The predicted octanol–water partition coefficient (Wildman–Crippen LogP) is 4.96. The fourth-order valence-corrected chi connectivity index (χ4v) is 1.54. The second kappa shape index (κ2) is 8.50. The smallest absolute Gasteiger partial charge is 0.00399 e. The van der Waals surface area contributed by atoms with Crippen molar-refractivity contribution in [1.29, 1.82) is 0 Å². The van der Waals surface area contributed by atoms with E-state index in [1.165, 1.54) is 5.56 Å². The average Bonchev–Trinajstić information content (AvgIpc) is 2.31. The van der Waals surface area contributed by atoms with E-state index in [2.05, 4.69) is 63.7 Å². The molecule has 0 radical (unpaired) electrons. The Morgan fingerprint density at radius 1 is 0.722 bits per heavy atom. The number of thiol groups is 1. The second-order valence-electron chi connectivity index (χ2n) is 4.95. The van der Waals surface area contributed by atoms with Gasteiger partial charge < -0.3 is 0 Å². The van der Waals surface area contributed by atoms with Gasteiger partial charge in [-0.3, -0.25) is 0 Å². The summed E-state index contributed by atoms with van der Waals surface area (Å²) in [6.07, 6.45) is 0. The molecule has 0 aliphatic carbocycles. The molecule has 2 aromatic rings. The number of benzene rings is 2. The van der Waals surface area contributed by atoms with E-state index in [4.69, 9.17) is 0 Å². The van der Waals surface area contributed by atoms with Crippen molar-refractivity contribution in [2.24, 2.45) is 0 Å². The third kappa shape index (κ3) is 6.98. The second-order valence-corrected chi connectivity index (χ2v) is 5.47. The van der Waals surface area contributed by atoms with Crippen LogP contribution in [0.2, 0.25) is 0 Å². The molecular weight excluding hydrogens is 290 g/mol. The molecule has 0 aromatic heterocycles. The largest absolute Gasteiger partial charge is 0.143 e. The summed E-state index contributed by atoms with van der Waals surface area (Å²) in [6.45, 7) is 6.67. The number of rotatable bonds is 0. The van der Waals surface area contributed by atoms with E-state index >= 15 is 0 Å². The molecule has 18 heavy (non-hydrogen) atoms. The Balaban J connectivity index is 0.000000321. The van der Waals surface area contributed by atoms with Crippen LogP contribution in [0.3, 0.4) is 0 Å². The van der Waals surface area contributed by atoms with Crippen LogP contribution >= 0.6 is 12.6 Å². The molecule has 2 heteroatoms. The molecule has 0 fully saturated rings. The van der Waals surface area contributed by atoms with Crippen LogP contribution in [0, 0.1) is 0 Å². The molecule has 0 bridgehead atoms. The van der Waals surface area contributed by atoms with E-state index < -0.39 is 0 Å². The molecule has 0 saturated carbocycles. The predicted molar refractivity (Wildman–Crippen MR) is 78.8 cm³/mol. The maximum atomic E-state index is 4.08. The first-order chi connectivity index (χ1) is 8.00. The van der Waals surface area contributed by atoms with Crippen molar-refractivity contribution in [3.8, 4) is 0 Å². The summed E-state index contributed by atoms with van der Waals surface area (Å²) in [6, 6.07) is 20.3. The van der Waals surface area contributed by atoms with Gasteiger partial charge in [-0.1, -0.05) is 69.3 Å². The first-order valence-corrected chi connectivity index (χ1v) is 6.24. The molecule has 0 atom stereocenters. The van der Waals surface area contributed by atoms with Crippen LogP contribution < -0.4 is 0 Å². The van der Waals surface area contributed by atoms with Gasteiger partial charge in [-0.15, -0.1) is 12.6 Å². The van der Waals surface area contributed by atoms with Gasteiger partial charge in [0.25, 0.3) is 0 Å². The molecule has 2 rings (SSSR count). The van der Waals surface area contributed by atoms with Crippen LogP contribution in [0.5, 0.6) is 0 Å². The Hall–Kier alpha value is -0.587. The Morgan fingerprint density at radius 3 is 1.33 bits per heavy atom. The summed E-state index contributed by atoms with van der Waals surface area (Å²) < 4.78 is 0. The SMILES string of the molecule is CC(C)(C)c1ccccc1.Sc1ccccc1.[Zn]. The molecule has 0 amide bonds. The van der Waals surface area contributed by atoms with Gasteiger partial charge in [0.2, 0.25) is 0 Å². The summed E-state index contributed by atoms with van der Waals surface area (Å²) in [5.41, 5.74) is 1.69. The maximum absolute atomic E-state index is 4.08. The van der Waals surface area contributed by atoms with Gasteiger partial charge in [0.15, 0.2) is 0 Å². The topological polar surface area (TPSA) is 0 Å². The molecule has 2 aromatic carbocycles. The maximum Gasteiger partial charge on any atom is 0.00399 e. The van der Waals surface area contributed by atoms with E-state index in [1.807, 2.05) is 30.3 Å². The Morgan fingerprint density at radius 2 is 1.11 bits per heavy atom. The fourth-order valence-electron chi connectivity index (χ4n) is 1.37. The van der Waals surface area contributed by atoms with Gasteiger partial charge in [-0.25, -0.2) is 0 Å². The molecule has 0 spiro atoms. The van der Waals surface area contributed by atoms with Gasteiger partial charge in [0, 0.05) is 24.4 Å². The number of hydrogen-bond donors (Lipinski definition) is 1. The van der Waals surface area contributed by atoms with Crippen molar-refractivity contribution >= 4 is 12.6 Å². The molecule has 0 saturated heterocycles. The van der Waals surface area contributed by atoms with Gasteiger partial charge in [-0.05, 0) is 23.1 Å². The first-order valence-electron chi connectivity index (χ1n) is 5.79.